The minimum absolute atomic E-state index is 0.154. The molecule has 1 amide bonds. The van der Waals surface area contributed by atoms with E-state index in [4.69, 9.17) is 4.74 Å². The predicted octanol–water partition coefficient (Wildman–Crippen LogP) is 3.25. The summed E-state index contributed by atoms with van der Waals surface area (Å²) in [6.07, 6.45) is 1.14. The second-order valence-electron chi connectivity index (χ2n) is 5.95. The molecule has 26 heavy (non-hydrogen) atoms. The highest BCUT2D eigenvalue weighted by atomic mass is 79.9. The summed E-state index contributed by atoms with van der Waals surface area (Å²) >= 11 is 3.34. The van der Waals surface area contributed by atoms with E-state index < -0.39 is 16.1 Å². The van der Waals surface area contributed by atoms with Crippen LogP contribution in [0.15, 0.2) is 57.9 Å². The van der Waals surface area contributed by atoms with E-state index in [0.29, 0.717) is 30.8 Å². The van der Waals surface area contributed by atoms with Crippen LogP contribution in [0.4, 0.5) is 5.69 Å². The minimum Gasteiger partial charge on any atom is -0.497 e. The number of nitrogens with zero attached hydrogens (tertiary/aromatic N) is 1. The first-order valence-corrected chi connectivity index (χ1v) is 10.4. The first-order chi connectivity index (χ1) is 12.4. The molecule has 3 rings (SSSR count). The quantitative estimate of drug-likeness (QED) is 0.776. The molecule has 0 aromatic heterocycles. The van der Waals surface area contributed by atoms with Gasteiger partial charge in [0.2, 0.25) is 15.9 Å². The molecule has 0 aliphatic carbocycles. The van der Waals surface area contributed by atoms with Crippen molar-refractivity contribution in [3.05, 3.63) is 53.0 Å². The number of nitrogens with one attached hydrogen (secondary N) is 1. The molecule has 1 atom stereocenters. The van der Waals surface area contributed by atoms with Crippen molar-refractivity contribution in [2.75, 3.05) is 19.0 Å². The summed E-state index contributed by atoms with van der Waals surface area (Å²) in [6, 6.07) is 12.6. The van der Waals surface area contributed by atoms with Crippen molar-refractivity contribution in [2.45, 2.75) is 23.8 Å². The van der Waals surface area contributed by atoms with E-state index in [2.05, 4.69) is 21.2 Å². The van der Waals surface area contributed by atoms with Gasteiger partial charge in [0.25, 0.3) is 0 Å². The monoisotopic (exact) mass is 438 g/mol. The molecule has 0 radical (unpaired) electrons. The SMILES string of the molecule is COc1ccc(S(=O)(=O)N2CCC[C@H]2C(=O)Nc2ccc(Br)cc2)cc1. The number of rotatable bonds is 5. The Balaban J connectivity index is 1.79. The zero-order valence-corrected chi connectivity index (χ0v) is 16.6. The number of anilines is 1. The zero-order valence-electron chi connectivity index (χ0n) is 14.2. The molecule has 0 bridgehead atoms. The van der Waals surface area contributed by atoms with Gasteiger partial charge < -0.3 is 10.1 Å². The summed E-state index contributed by atoms with van der Waals surface area (Å²) in [4.78, 5) is 12.8. The number of benzene rings is 2. The van der Waals surface area contributed by atoms with Crippen LogP contribution in [0.3, 0.4) is 0 Å². The van der Waals surface area contributed by atoms with E-state index in [1.165, 1.54) is 23.5 Å². The number of hydrogen-bond donors (Lipinski definition) is 1. The Labute approximate surface area is 161 Å². The Hall–Kier alpha value is -1.90. The van der Waals surface area contributed by atoms with E-state index in [1.807, 2.05) is 12.1 Å². The first-order valence-electron chi connectivity index (χ1n) is 8.14. The highest BCUT2D eigenvalue weighted by molar-refractivity contribution is 9.10. The van der Waals surface area contributed by atoms with Crippen molar-refractivity contribution in [1.82, 2.24) is 4.31 Å². The van der Waals surface area contributed by atoms with Gasteiger partial charge in [0.15, 0.2) is 0 Å². The molecule has 1 aliphatic rings. The Bertz CT molecular complexity index is 882. The Morgan fingerprint density at radius 3 is 2.42 bits per heavy atom. The number of amides is 1. The van der Waals surface area contributed by atoms with Crippen molar-refractivity contribution >= 4 is 37.5 Å². The van der Waals surface area contributed by atoms with Gasteiger partial charge in [-0.05, 0) is 61.4 Å². The van der Waals surface area contributed by atoms with E-state index in [9.17, 15) is 13.2 Å². The van der Waals surface area contributed by atoms with E-state index >= 15 is 0 Å². The van der Waals surface area contributed by atoms with Crippen LogP contribution < -0.4 is 10.1 Å². The lowest BCUT2D eigenvalue weighted by molar-refractivity contribution is -0.119. The molecular weight excluding hydrogens is 420 g/mol. The number of carbonyl (C=O) groups excluding carboxylic acids is 1. The van der Waals surface area contributed by atoms with Gasteiger partial charge in [-0.1, -0.05) is 15.9 Å². The molecule has 1 heterocycles. The molecule has 0 spiro atoms. The standard InChI is InChI=1S/C18H19BrN2O4S/c1-25-15-8-10-16(11-9-15)26(23,24)21-12-2-3-17(21)18(22)20-14-6-4-13(19)5-7-14/h4-11,17H,2-3,12H2,1H3,(H,20,22)/t17-/m0/s1. The third kappa shape index (κ3) is 3.92. The fourth-order valence-corrected chi connectivity index (χ4v) is 4.85. The molecule has 2 aromatic rings. The summed E-state index contributed by atoms with van der Waals surface area (Å²) in [5.74, 6) is 0.261. The maximum Gasteiger partial charge on any atom is 0.243 e. The third-order valence-electron chi connectivity index (χ3n) is 4.28. The molecule has 0 unspecified atom stereocenters. The van der Waals surface area contributed by atoms with Crippen LogP contribution in [0.2, 0.25) is 0 Å². The summed E-state index contributed by atoms with van der Waals surface area (Å²) in [6.45, 7) is 0.326. The molecular formula is C18H19BrN2O4S. The van der Waals surface area contributed by atoms with Crippen LogP contribution in [0.5, 0.6) is 5.75 Å². The average molecular weight is 439 g/mol. The van der Waals surface area contributed by atoms with Gasteiger partial charge in [-0.15, -0.1) is 0 Å². The van der Waals surface area contributed by atoms with E-state index in [-0.39, 0.29) is 10.8 Å². The maximum atomic E-state index is 12.9. The fourth-order valence-electron chi connectivity index (χ4n) is 2.93. The first kappa shape index (κ1) is 18.9. The van der Waals surface area contributed by atoms with Crippen molar-refractivity contribution in [1.29, 1.82) is 0 Å². The highest BCUT2D eigenvalue weighted by Gasteiger charge is 2.39. The lowest BCUT2D eigenvalue weighted by atomic mass is 10.2. The zero-order chi connectivity index (χ0) is 18.7. The molecule has 1 saturated heterocycles. The average Bonchev–Trinajstić information content (AvgIpc) is 3.14. The number of carbonyl (C=O) groups is 1. The van der Waals surface area contributed by atoms with Crippen LogP contribution >= 0.6 is 15.9 Å². The number of sulfonamides is 1. The smallest absolute Gasteiger partial charge is 0.243 e. The summed E-state index contributed by atoms with van der Waals surface area (Å²) in [5.41, 5.74) is 0.631. The lowest BCUT2D eigenvalue weighted by Crippen LogP contribution is -2.43. The van der Waals surface area contributed by atoms with E-state index in [1.54, 1.807) is 24.3 Å². The number of hydrogen-bond acceptors (Lipinski definition) is 4. The molecule has 6 nitrogen and oxygen atoms in total. The fraction of sp³-hybridized carbons (Fsp3) is 0.278. The molecule has 1 fully saturated rings. The lowest BCUT2D eigenvalue weighted by Gasteiger charge is -2.23. The summed E-state index contributed by atoms with van der Waals surface area (Å²) in [7, 11) is -2.23. The molecule has 138 valence electrons. The Kier molecular flexibility index (Phi) is 5.64. The van der Waals surface area contributed by atoms with Crippen molar-refractivity contribution in [3.63, 3.8) is 0 Å². The molecule has 0 saturated carbocycles. The predicted molar refractivity (Wildman–Crippen MR) is 103 cm³/mol. The second kappa shape index (κ2) is 7.77. The topological polar surface area (TPSA) is 75.7 Å². The largest absolute Gasteiger partial charge is 0.497 e. The van der Waals surface area contributed by atoms with Crippen LogP contribution in [-0.2, 0) is 14.8 Å². The van der Waals surface area contributed by atoms with Crippen LogP contribution in [0.1, 0.15) is 12.8 Å². The van der Waals surface area contributed by atoms with Gasteiger partial charge in [0, 0.05) is 16.7 Å². The molecule has 2 aromatic carbocycles. The Morgan fingerprint density at radius 1 is 1.15 bits per heavy atom. The molecule has 1 N–H and O–H groups in total. The summed E-state index contributed by atoms with van der Waals surface area (Å²) < 4.78 is 33.1. The Morgan fingerprint density at radius 2 is 1.81 bits per heavy atom. The van der Waals surface area contributed by atoms with Crippen molar-refractivity contribution in [3.8, 4) is 5.75 Å². The third-order valence-corrected chi connectivity index (χ3v) is 6.74. The molecule has 8 heteroatoms. The van der Waals surface area contributed by atoms with Gasteiger partial charge in [0.05, 0.1) is 12.0 Å². The number of ether oxygens (including phenoxy) is 1. The maximum absolute atomic E-state index is 12.9. The normalized spacial score (nSPS) is 17.8. The van der Waals surface area contributed by atoms with Gasteiger partial charge in [-0.25, -0.2) is 8.42 Å². The van der Waals surface area contributed by atoms with E-state index in [0.717, 1.165) is 4.47 Å². The second-order valence-corrected chi connectivity index (χ2v) is 8.75. The van der Waals surface area contributed by atoms with Gasteiger partial charge in [-0.2, -0.15) is 4.31 Å². The van der Waals surface area contributed by atoms with Crippen LogP contribution in [0, 0.1) is 0 Å². The van der Waals surface area contributed by atoms with Crippen molar-refractivity contribution < 1.29 is 17.9 Å². The van der Waals surface area contributed by atoms with Crippen molar-refractivity contribution in [2.24, 2.45) is 0 Å². The minimum atomic E-state index is -3.75. The number of halogens is 1. The number of methoxy groups -OCH3 is 1. The summed E-state index contributed by atoms with van der Waals surface area (Å²) in [5, 5.41) is 2.80. The highest BCUT2D eigenvalue weighted by Crippen LogP contribution is 2.28. The van der Waals surface area contributed by atoms with Crippen LogP contribution in [-0.4, -0.2) is 38.3 Å². The van der Waals surface area contributed by atoms with Gasteiger partial charge in [0.1, 0.15) is 11.8 Å². The van der Waals surface area contributed by atoms with Gasteiger partial charge >= 0.3 is 0 Å². The van der Waals surface area contributed by atoms with Crippen LogP contribution in [0.25, 0.3) is 0 Å². The molecule has 1 aliphatic heterocycles. The van der Waals surface area contributed by atoms with Gasteiger partial charge in [-0.3, -0.25) is 4.79 Å².